The molecule has 0 bridgehead atoms. The Morgan fingerprint density at radius 1 is 1.06 bits per heavy atom. The number of hydrogen-bond donors (Lipinski definition) is 1. The van der Waals surface area contributed by atoms with Gasteiger partial charge in [0.1, 0.15) is 12.3 Å². The molecule has 0 saturated heterocycles. The molecule has 0 aliphatic carbocycles. The number of amides is 1. The lowest BCUT2D eigenvalue weighted by atomic mass is 10.1. The Morgan fingerprint density at radius 2 is 1.79 bits per heavy atom. The second kappa shape index (κ2) is 10.6. The van der Waals surface area contributed by atoms with Crippen molar-refractivity contribution in [2.75, 3.05) is 18.0 Å². The molecule has 0 aromatic heterocycles. The molecule has 1 N–H and O–H groups in total. The average Bonchev–Trinajstić information content (AvgIpc) is 2.80. The maximum atomic E-state index is 13.4. The number of benzene rings is 3. The molecule has 0 atom stereocenters. The van der Waals surface area contributed by atoms with Crippen LogP contribution in [-0.4, -0.2) is 34.2 Å². The van der Waals surface area contributed by atoms with Crippen LogP contribution >= 0.6 is 15.9 Å². The lowest BCUT2D eigenvalue weighted by Crippen LogP contribution is -2.39. The highest BCUT2D eigenvalue weighted by Crippen LogP contribution is 2.26. The highest BCUT2D eigenvalue weighted by molar-refractivity contribution is 9.10. The fourth-order valence-corrected chi connectivity index (χ4v) is 4.87. The van der Waals surface area contributed by atoms with E-state index < -0.39 is 22.5 Å². The molecule has 0 saturated carbocycles. The predicted octanol–water partition coefficient (Wildman–Crippen LogP) is 4.42. The minimum Gasteiger partial charge on any atom is -0.496 e. The van der Waals surface area contributed by atoms with Gasteiger partial charge < -0.3 is 4.74 Å². The number of halogens is 1. The molecule has 0 aliphatic rings. The highest BCUT2D eigenvalue weighted by atomic mass is 79.9. The molecule has 1 amide bonds. The van der Waals surface area contributed by atoms with Crippen LogP contribution < -0.4 is 14.5 Å². The van der Waals surface area contributed by atoms with E-state index in [-0.39, 0.29) is 4.90 Å². The Bertz CT molecular complexity index is 1280. The van der Waals surface area contributed by atoms with E-state index >= 15 is 0 Å². The van der Waals surface area contributed by atoms with Gasteiger partial charge >= 0.3 is 0 Å². The predicted molar refractivity (Wildman–Crippen MR) is 133 cm³/mol. The molecular weight excluding hydrogens is 506 g/mol. The number of ether oxygens (including phenoxy) is 1. The van der Waals surface area contributed by atoms with Crippen molar-refractivity contribution in [1.82, 2.24) is 5.43 Å². The van der Waals surface area contributed by atoms with Crippen molar-refractivity contribution < 1.29 is 17.9 Å². The van der Waals surface area contributed by atoms with Crippen molar-refractivity contribution >= 4 is 43.8 Å². The third-order valence-electron chi connectivity index (χ3n) is 4.98. The SMILES string of the molecule is COc1ccc(Br)cc1/C=N\NC(=O)CN(c1ccc(C)c(C)c1)S(=O)(=O)c1ccccc1. The summed E-state index contributed by atoms with van der Waals surface area (Å²) in [6, 6.07) is 18.6. The molecule has 172 valence electrons. The van der Waals surface area contributed by atoms with Gasteiger partial charge in [-0.05, 0) is 67.4 Å². The first-order valence-corrected chi connectivity index (χ1v) is 12.3. The topological polar surface area (TPSA) is 88.1 Å². The van der Waals surface area contributed by atoms with Crippen molar-refractivity contribution in [1.29, 1.82) is 0 Å². The second-order valence-electron chi connectivity index (χ2n) is 7.27. The van der Waals surface area contributed by atoms with E-state index in [0.717, 1.165) is 19.9 Å². The summed E-state index contributed by atoms with van der Waals surface area (Å²) in [5.41, 5.74) is 5.39. The smallest absolute Gasteiger partial charge is 0.264 e. The quantitative estimate of drug-likeness (QED) is 0.345. The summed E-state index contributed by atoms with van der Waals surface area (Å²) >= 11 is 3.38. The molecule has 3 aromatic carbocycles. The van der Waals surface area contributed by atoms with E-state index in [1.54, 1.807) is 42.5 Å². The first-order chi connectivity index (χ1) is 15.7. The molecule has 3 rings (SSSR count). The third kappa shape index (κ3) is 6.00. The number of sulfonamides is 1. The van der Waals surface area contributed by atoms with Crippen LogP contribution in [0.1, 0.15) is 16.7 Å². The van der Waals surface area contributed by atoms with Gasteiger partial charge in [0.2, 0.25) is 0 Å². The number of carbonyl (C=O) groups is 1. The van der Waals surface area contributed by atoms with Crippen LogP contribution in [0.25, 0.3) is 0 Å². The van der Waals surface area contributed by atoms with E-state index in [1.807, 2.05) is 26.0 Å². The Morgan fingerprint density at radius 3 is 2.45 bits per heavy atom. The summed E-state index contributed by atoms with van der Waals surface area (Å²) in [7, 11) is -2.44. The van der Waals surface area contributed by atoms with Gasteiger partial charge in [-0.25, -0.2) is 13.8 Å². The standard InChI is InChI=1S/C24H24BrN3O4S/c1-17-9-11-21(13-18(17)2)28(33(30,31)22-7-5-4-6-8-22)16-24(29)27-26-15-19-14-20(25)10-12-23(19)32-3/h4-15H,16H2,1-3H3,(H,27,29)/b26-15-. The molecule has 0 heterocycles. The summed E-state index contributed by atoms with van der Waals surface area (Å²) < 4.78 is 33.9. The number of hydrazone groups is 1. The summed E-state index contributed by atoms with van der Waals surface area (Å²) in [6.07, 6.45) is 1.44. The van der Waals surface area contributed by atoms with Gasteiger partial charge in [0.15, 0.2) is 0 Å². The van der Waals surface area contributed by atoms with E-state index in [0.29, 0.717) is 17.0 Å². The van der Waals surface area contributed by atoms with Crippen LogP contribution in [0.15, 0.2) is 81.2 Å². The van der Waals surface area contributed by atoms with Gasteiger partial charge in [-0.15, -0.1) is 0 Å². The fraction of sp³-hybridized carbons (Fsp3) is 0.167. The Hall–Kier alpha value is -3.17. The molecule has 7 nitrogen and oxygen atoms in total. The van der Waals surface area contributed by atoms with Crippen molar-refractivity contribution in [2.24, 2.45) is 5.10 Å². The van der Waals surface area contributed by atoms with E-state index in [2.05, 4.69) is 26.5 Å². The molecule has 33 heavy (non-hydrogen) atoms. The first kappa shape index (κ1) is 24.5. The third-order valence-corrected chi connectivity index (χ3v) is 7.26. The van der Waals surface area contributed by atoms with Crippen molar-refractivity contribution in [3.05, 3.63) is 87.9 Å². The maximum Gasteiger partial charge on any atom is 0.264 e. The average molecular weight is 530 g/mol. The second-order valence-corrected chi connectivity index (χ2v) is 10.1. The molecule has 0 unspecified atom stereocenters. The van der Waals surface area contributed by atoms with E-state index in [9.17, 15) is 13.2 Å². The molecule has 0 spiro atoms. The zero-order valence-corrected chi connectivity index (χ0v) is 20.9. The normalized spacial score (nSPS) is 11.4. The number of rotatable bonds is 8. The lowest BCUT2D eigenvalue weighted by Gasteiger charge is -2.24. The van der Waals surface area contributed by atoms with Crippen molar-refractivity contribution in [3.8, 4) is 5.75 Å². The van der Waals surface area contributed by atoms with Crippen molar-refractivity contribution in [3.63, 3.8) is 0 Å². The van der Waals surface area contributed by atoms with Crippen LogP contribution in [0.4, 0.5) is 5.69 Å². The van der Waals surface area contributed by atoms with Crippen LogP contribution in [0.5, 0.6) is 5.75 Å². The molecule has 0 radical (unpaired) electrons. The van der Waals surface area contributed by atoms with Gasteiger partial charge in [-0.1, -0.05) is 40.2 Å². The lowest BCUT2D eigenvalue weighted by molar-refractivity contribution is -0.119. The number of nitrogens with one attached hydrogen (secondary N) is 1. The summed E-state index contributed by atoms with van der Waals surface area (Å²) in [4.78, 5) is 12.8. The molecule has 0 aliphatic heterocycles. The maximum absolute atomic E-state index is 13.4. The van der Waals surface area contributed by atoms with Gasteiger partial charge in [0.05, 0.1) is 23.9 Å². The molecule has 3 aromatic rings. The summed E-state index contributed by atoms with van der Waals surface area (Å²) in [5.74, 6) is -0.00226. The Kier molecular flexibility index (Phi) is 7.88. The minimum atomic E-state index is -3.98. The first-order valence-electron chi connectivity index (χ1n) is 10.0. The molecule has 9 heteroatoms. The largest absolute Gasteiger partial charge is 0.496 e. The molecule has 0 fully saturated rings. The van der Waals surface area contributed by atoms with Crippen LogP contribution in [0.3, 0.4) is 0 Å². The number of anilines is 1. The van der Waals surface area contributed by atoms with Crippen LogP contribution in [0.2, 0.25) is 0 Å². The minimum absolute atomic E-state index is 0.0957. The number of nitrogens with zero attached hydrogens (tertiary/aromatic N) is 2. The summed E-state index contributed by atoms with van der Waals surface area (Å²) in [6.45, 7) is 3.39. The zero-order valence-electron chi connectivity index (χ0n) is 18.4. The fourth-order valence-electron chi connectivity index (χ4n) is 3.06. The number of aryl methyl sites for hydroxylation is 2. The van der Waals surface area contributed by atoms with Gasteiger partial charge in [0.25, 0.3) is 15.9 Å². The van der Waals surface area contributed by atoms with Crippen LogP contribution in [0, 0.1) is 13.8 Å². The van der Waals surface area contributed by atoms with Gasteiger partial charge in [-0.3, -0.25) is 9.10 Å². The zero-order chi connectivity index (χ0) is 24.0. The van der Waals surface area contributed by atoms with Crippen LogP contribution in [-0.2, 0) is 14.8 Å². The Balaban J connectivity index is 1.87. The number of carbonyl (C=O) groups excluding carboxylic acids is 1. The Labute approximate surface area is 202 Å². The van der Waals surface area contributed by atoms with Gasteiger partial charge in [0, 0.05) is 10.0 Å². The number of methoxy groups -OCH3 is 1. The monoisotopic (exact) mass is 529 g/mol. The van der Waals surface area contributed by atoms with Gasteiger partial charge in [-0.2, -0.15) is 5.10 Å². The highest BCUT2D eigenvalue weighted by Gasteiger charge is 2.27. The van der Waals surface area contributed by atoms with E-state index in [1.165, 1.54) is 25.5 Å². The summed E-state index contributed by atoms with van der Waals surface area (Å²) in [5, 5.41) is 3.98. The van der Waals surface area contributed by atoms with Crippen molar-refractivity contribution in [2.45, 2.75) is 18.7 Å². The molecular formula is C24H24BrN3O4S. The van der Waals surface area contributed by atoms with E-state index in [4.69, 9.17) is 4.74 Å². The number of hydrogen-bond acceptors (Lipinski definition) is 5.